The van der Waals surface area contributed by atoms with Gasteiger partial charge in [-0.25, -0.2) is 4.79 Å². The number of carbonyl (C=O) groups is 2. The van der Waals surface area contributed by atoms with Gasteiger partial charge in [0.2, 0.25) is 0 Å². The van der Waals surface area contributed by atoms with Crippen LogP contribution in [0, 0.1) is 0 Å². The molecule has 27 heavy (non-hydrogen) atoms. The number of amides is 1. The molecule has 0 radical (unpaired) electrons. The highest BCUT2D eigenvalue weighted by Crippen LogP contribution is 2.36. The molecule has 0 saturated heterocycles. The minimum absolute atomic E-state index is 0.258. The summed E-state index contributed by atoms with van der Waals surface area (Å²) in [4.78, 5) is 27.1. The van der Waals surface area contributed by atoms with Gasteiger partial charge >= 0.3 is 5.97 Å². The summed E-state index contributed by atoms with van der Waals surface area (Å²) < 4.78 is 11.1. The van der Waals surface area contributed by atoms with E-state index in [4.69, 9.17) is 9.47 Å². The highest BCUT2D eigenvalue weighted by atomic mass is 79.9. The molecule has 2 aromatic rings. The number of carbonyl (C=O) groups excluding carboxylic acids is 2. The van der Waals surface area contributed by atoms with Crippen molar-refractivity contribution in [2.75, 3.05) is 19.1 Å². The Balaban J connectivity index is 2.12. The summed E-state index contributed by atoms with van der Waals surface area (Å²) in [6.07, 6.45) is 1.70. The molecule has 1 heterocycles. The number of hydrogen-bond donors (Lipinski definition) is 0. The molecule has 1 amide bonds. The van der Waals surface area contributed by atoms with Crippen LogP contribution in [0.25, 0.3) is 6.08 Å². The van der Waals surface area contributed by atoms with Crippen LogP contribution in [0.4, 0.5) is 5.69 Å². The fraction of sp³-hybridized carbons (Fsp3) is 0.143. The number of halogens is 1. The van der Waals surface area contributed by atoms with Gasteiger partial charge < -0.3 is 9.47 Å². The maximum Gasteiger partial charge on any atom is 0.340 e. The third-order valence-electron chi connectivity index (χ3n) is 4.28. The lowest BCUT2D eigenvalue weighted by atomic mass is 10.0. The molecule has 3 rings (SSSR count). The minimum atomic E-state index is -0.547. The van der Waals surface area contributed by atoms with Gasteiger partial charge in [-0.1, -0.05) is 34.1 Å². The second kappa shape index (κ2) is 7.80. The van der Waals surface area contributed by atoms with Crippen molar-refractivity contribution in [1.82, 2.24) is 0 Å². The molecule has 1 aliphatic rings. The topological polar surface area (TPSA) is 55.8 Å². The fourth-order valence-electron chi connectivity index (χ4n) is 2.97. The summed E-state index contributed by atoms with van der Waals surface area (Å²) >= 11 is 3.39. The highest BCUT2D eigenvalue weighted by molar-refractivity contribution is 9.10. The van der Waals surface area contributed by atoms with Crippen LogP contribution in [0.3, 0.4) is 0 Å². The van der Waals surface area contributed by atoms with E-state index in [2.05, 4.69) is 15.9 Å². The van der Waals surface area contributed by atoms with E-state index in [9.17, 15) is 9.59 Å². The zero-order chi connectivity index (χ0) is 19.6. The predicted octanol–water partition coefficient (Wildman–Crippen LogP) is 4.33. The Morgan fingerprint density at radius 1 is 1.11 bits per heavy atom. The molecule has 6 heteroatoms. The van der Waals surface area contributed by atoms with Crippen LogP contribution in [0.15, 0.2) is 69.8 Å². The van der Waals surface area contributed by atoms with Crippen molar-refractivity contribution in [3.63, 3.8) is 0 Å². The van der Waals surface area contributed by atoms with Gasteiger partial charge in [0.15, 0.2) is 0 Å². The van der Waals surface area contributed by atoms with Crippen LogP contribution < -0.4 is 9.64 Å². The van der Waals surface area contributed by atoms with Crippen molar-refractivity contribution in [2.45, 2.75) is 6.92 Å². The van der Waals surface area contributed by atoms with Gasteiger partial charge in [0, 0.05) is 16.2 Å². The Morgan fingerprint density at radius 3 is 2.44 bits per heavy atom. The zero-order valence-corrected chi connectivity index (χ0v) is 16.7. The molecule has 0 atom stereocenters. The number of allylic oxidation sites excluding steroid dienone is 1. The molecular formula is C21H18BrNO4. The molecule has 2 aromatic carbocycles. The van der Waals surface area contributed by atoms with E-state index in [-0.39, 0.29) is 11.5 Å². The van der Waals surface area contributed by atoms with Crippen molar-refractivity contribution in [2.24, 2.45) is 0 Å². The monoisotopic (exact) mass is 427 g/mol. The zero-order valence-electron chi connectivity index (χ0n) is 15.2. The fourth-order valence-corrected chi connectivity index (χ4v) is 3.23. The van der Waals surface area contributed by atoms with Gasteiger partial charge in [-0.05, 0) is 42.8 Å². The lowest BCUT2D eigenvalue weighted by molar-refractivity contribution is -0.136. The maximum atomic E-state index is 13.2. The SMILES string of the molecule is COC(=O)C1=C(C)N(c2cccc(OC)c2)C(=O)/C1=C\c1ccc(Br)cc1. The molecule has 0 unspecified atom stereocenters. The van der Waals surface area contributed by atoms with Gasteiger partial charge in [0.25, 0.3) is 5.91 Å². The van der Waals surface area contributed by atoms with Crippen molar-refractivity contribution in [3.05, 3.63) is 75.4 Å². The second-order valence-electron chi connectivity index (χ2n) is 5.90. The largest absolute Gasteiger partial charge is 0.497 e. The van der Waals surface area contributed by atoms with Gasteiger partial charge in [-0.15, -0.1) is 0 Å². The molecule has 5 nitrogen and oxygen atoms in total. The molecule has 0 N–H and O–H groups in total. The van der Waals surface area contributed by atoms with Crippen molar-refractivity contribution in [3.8, 4) is 5.75 Å². The van der Waals surface area contributed by atoms with Crippen LogP contribution in [0.1, 0.15) is 12.5 Å². The van der Waals surface area contributed by atoms with Crippen LogP contribution >= 0.6 is 15.9 Å². The molecule has 0 aromatic heterocycles. The first kappa shape index (κ1) is 18.9. The number of esters is 1. The van der Waals surface area contributed by atoms with Gasteiger partial charge in [0.05, 0.1) is 31.1 Å². The molecule has 0 aliphatic carbocycles. The molecular weight excluding hydrogens is 410 g/mol. The summed E-state index contributed by atoms with van der Waals surface area (Å²) in [6.45, 7) is 1.73. The van der Waals surface area contributed by atoms with Crippen molar-refractivity contribution in [1.29, 1.82) is 0 Å². The van der Waals surface area contributed by atoms with Crippen LogP contribution in [0.5, 0.6) is 5.75 Å². The Kier molecular flexibility index (Phi) is 5.46. The minimum Gasteiger partial charge on any atom is -0.497 e. The Morgan fingerprint density at radius 2 is 1.81 bits per heavy atom. The van der Waals surface area contributed by atoms with E-state index < -0.39 is 5.97 Å². The van der Waals surface area contributed by atoms with Crippen LogP contribution in [-0.2, 0) is 14.3 Å². The van der Waals surface area contributed by atoms with E-state index in [1.165, 1.54) is 12.0 Å². The predicted molar refractivity (Wildman–Crippen MR) is 107 cm³/mol. The summed E-state index contributed by atoms with van der Waals surface area (Å²) in [5.41, 5.74) is 2.50. The van der Waals surface area contributed by atoms with Gasteiger partial charge in [0.1, 0.15) is 5.75 Å². The lowest BCUT2D eigenvalue weighted by Gasteiger charge is -2.18. The number of hydrogen-bond acceptors (Lipinski definition) is 4. The maximum absolute atomic E-state index is 13.2. The molecule has 138 valence electrons. The number of anilines is 1. The number of ether oxygens (including phenoxy) is 2. The summed E-state index contributed by atoms with van der Waals surface area (Å²) in [5.74, 6) is -0.211. The average Bonchev–Trinajstić information content (AvgIpc) is 2.92. The van der Waals surface area contributed by atoms with E-state index in [0.717, 1.165) is 10.0 Å². The normalized spacial score (nSPS) is 15.5. The number of rotatable bonds is 4. The smallest absolute Gasteiger partial charge is 0.340 e. The third kappa shape index (κ3) is 3.66. The summed E-state index contributed by atoms with van der Waals surface area (Å²) in [5, 5.41) is 0. The van der Waals surface area contributed by atoms with E-state index in [1.807, 2.05) is 24.3 Å². The second-order valence-corrected chi connectivity index (χ2v) is 6.82. The lowest BCUT2D eigenvalue weighted by Crippen LogP contribution is -2.24. The van der Waals surface area contributed by atoms with Crippen LogP contribution in [0.2, 0.25) is 0 Å². The molecule has 0 fully saturated rings. The molecule has 0 spiro atoms. The highest BCUT2D eigenvalue weighted by Gasteiger charge is 2.37. The van der Waals surface area contributed by atoms with Crippen LogP contribution in [-0.4, -0.2) is 26.1 Å². The average molecular weight is 428 g/mol. The molecule has 0 saturated carbocycles. The third-order valence-corrected chi connectivity index (χ3v) is 4.81. The van der Waals surface area contributed by atoms with Gasteiger partial charge in [-0.2, -0.15) is 0 Å². The first-order valence-corrected chi connectivity index (χ1v) is 9.01. The Labute approximate surface area is 166 Å². The molecule has 1 aliphatic heterocycles. The molecule has 0 bridgehead atoms. The Bertz CT molecular complexity index is 960. The van der Waals surface area contributed by atoms with E-state index >= 15 is 0 Å². The van der Waals surface area contributed by atoms with E-state index in [1.54, 1.807) is 44.4 Å². The standard InChI is InChI=1S/C21H18BrNO4/c1-13-19(21(25)27-3)18(11-14-7-9-15(22)10-8-14)20(24)23(13)16-5-4-6-17(12-16)26-2/h4-12H,1-3H3/b18-11-. The first-order chi connectivity index (χ1) is 13.0. The summed E-state index contributed by atoms with van der Waals surface area (Å²) in [7, 11) is 2.87. The number of methoxy groups -OCH3 is 2. The quantitative estimate of drug-likeness (QED) is 0.537. The Hall–Kier alpha value is -2.86. The summed E-state index contributed by atoms with van der Waals surface area (Å²) in [6, 6.07) is 14.6. The number of benzene rings is 2. The van der Waals surface area contributed by atoms with Crippen molar-refractivity contribution >= 4 is 39.6 Å². The van der Waals surface area contributed by atoms with Crippen molar-refractivity contribution < 1.29 is 19.1 Å². The number of nitrogens with zero attached hydrogens (tertiary/aromatic N) is 1. The first-order valence-electron chi connectivity index (χ1n) is 8.21. The van der Waals surface area contributed by atoms with E-state index in [0.29, 0.717) is 22.7 Å². The van der Waals surface area contributed by atoms with Gasteiger partial charge in [-0.3, -0.25) is 9.69 Å².